The van der Waals surface area contributed by atoms with Gasteiger partial charge < -0.3 is 9.32 Å². The number of carbonyl (C=O) groups excluding carboxylic acids is 1. The molecule has 0 saturated heterocycles. The van der Waals surface area contributed by atoms with Crippen LogP contribution in [-0.2, 0) is 28.4 Å². The fraction of sp³-hybridized carbons (Fsp3) is 0.364. The van der Waals surface area contributed by atoms with Gasteiger partial charge in [-0.15, -0.1) is 0 Å². The van der Waals surface area contributed by atoms with Crippen LogP contribution in [0.1, 0.15) is 25.8 Å². The predicted octanol–water partition coefficient (Wildman–Crippen LogP) is 2.48. The number of hydrogen-bond donors (Lipinski definition) is 1. The van der Waals surface area contributed by atoms with Crippen molar-refractivity contribution in [3.05, 3.63) is 64.6 Å². The number of carbonyl (C=O) groups is 1. The molecule has 0 aliphatic heterocycles. The summed E-state index contributed by atoms with van der Waals surface area (Å²) in [4.78, 5) is 26.2. The Bertz CT molecular complexity index is 1230. The third kappa shape index (κ3) is 5.23. The Morgan fingerprint density at radius 1 is 1.16 bits per heavy atom. The maximum atomic E-state index is 13.1. The molecule has 0 bridgehead atoms. The van der Waals surface area contributed by atoms with E-state index >= 15 is 0 Å². The number of rotatable bonds is 8. The number of benzene rings is 2. The van der Waals surface area contributed by atoms with Crippen molar-refractivity contribution in [1.29, 1.82) is 0 Å². The first-order chi connectivity index (χ1) is 14.6. The summed E-state index contributed by atoms with van der Waals surface area (Å²) in [5.41, 5.74) is 1.61. The lowest BCUT2D eigenvalue weighted by atomic mass is 10.0. The maximum Gasteiger partial charge on any atom is 0.419 e. The fourth-order valence-corrected chi connectivity index (χ4v) is 4.63. The molecule has 1 amide bonds. The molecule has 0 radical (unpaired) electrons. The molecule has 0 fully saturated rings. The number of sulfonamides is 1. The number of oxazole rings is 1. The van der Waals surface area contributed by atoms with Gasteiger partial charge in [-0.25, -0.2) is 13.2 Å². The highest BCUT2D eigenvalue weighted by Crippen LogP contribution is 2.19. The average molecular weight is 446 g/mol. The molecule has 3 rings (SSSR count). The third-order valence-electron chi connectivity index (χ3n) is 5.02. The zero-order valence-electron chi connectivity index (χ0n) is 18.0. The molecule has 0 unspecified atom stereocenters. The van der Waals surface area contributed by atoms with Crippen LogP contribution < -0.4 is 10.5 Å². The number of amides is 1. The Morgan fingerprint density at radius 3 is 2.48 bits per heavy atom. The number of hydrogen-bond acceptors (Lipinski definition) is 5. The van der Waals surface area contributed by atoms with Crippen molar-refractivity contribution in [2.75, 3.05) is 7.05 Å². The van der Waals surface area contributed by atoms with Crippen LogP contribution in [0.25, 0.3) is 11.1 Å². The van der Waals surface area contributed by atoms with E-state index in [2.05, 4.69) is 4.72 Å². The van der Waals surface area contributed by atoms with Gasteiger partial charge in [0.05, 0.1) is 10.4 Å². The standard InChI is InChI=1S/C22H27N3O5S/c1-15(2)12-18(21(26)24(3)14-16-8-6-5-7-9-16)23-31(28,29)17-10-11-19-20(13-17)30-22(27)25(19)4/h5-11,13,15,18,23H,12,14H2,1-4H3/t18-/m0/s1. The Balaban J connectivity index is 1.85. The minimum Gasteiger partial charge on any atom is -0.408 e. The fourth-order valence-electron chi connectivity index (χ4n) is 3.41. The number of aromatic nitrogens is 1. The summed E-state index contributed by atoms with van der Waals surface area (Å²) in [7, 11) is -0.824. The lowest BCUT2D eigenvalue weighted by Crippen LogP contribution is -2.47. The molecule has 8 nitrogen and oxygen atoms in total. The van der Waals surface area contributed by atoms with Crippen molar-refractivity contribution < 1.29 is 17.6 Å². The highest BCUT2D eigenvalue weighted by atomic mass is 32.2. The Labute approximate surface area is 181 Å². The minimum absolute atomic E-state index is 0.0679. The van der Waals surface area contributed by atoms with Crippen molar-refractivity contribution in [3.8, 4) is 0 Å². The van der Waals surface area contributed by atoms with Crippen LogP contribution in [0.15, 0.2) is 62.6 Å². The summed E-state index contributed by atoms with van der Waals surface area (Å²) in [6, 6.07) is 12.8. The summed E-state index contributed by atoms with van der Waals surface area (Å²) in [5.74, 6) is -0.794. The summed E-state index contributed by atoms with van der Waals surface area (Å²) in [5, 5.41) is 0. The van der Waals surface area contributed by atoms with Crippen LogP contribution in [0, 0.1) is 5.92 Å². The third-order valence-corrected chi connectivity index (χ3v) is 6.48. The molecule has 1 heterocycles. The number of nitrogens with one attached hydrogen (secondary N) is 1. The first-order valence-electron chi connectivity index (χ1n) is 9.99. The number of nitrogens with zero attached hydrogens (tertiary/aromatic N) is 2. The van der Waals surface area contributed by atoms with Gasteiger partial charge in [0.2, 0.25) is 15.9 Å². The van der Waals surface area contributed by atoms with E-state index in [4.69, 9.17) is 4.42 Å². The molecular weight excluding hydrogens is 418 g/mol. The van der Waals surface area contributed by atoms with E-state index < -0.39 is 21.8 Å². The van der Waals surface area contributed by atoms with Crippen molar-refractivity contribution >= 4 is 27.0 Å². The molecule has 9 heteroatoms. The molecule has 31 heavy (non-hydrogen) atoms. The zero-order chi connectivity index (χ0) is 22.8. The highest BCUT2D eigenvalue weighted by Gasteiger charge is 2.29. The van der Waals surface area contributed by atoms with E-state index in [1.54, 1.807) is 14.1 Å². The monoisotopic (exact) mass is 445 g/mol. The molecule has 1 N–H and O–H groups in total. The molecule has 166 valence electrons. The van der Waals surface area contributed by atoms with Gasteiger partial charge in [-0.2, -0.15) is 4.72 Å². The topological polar surface area (TPSA) is 102 Å². The first kappa shape index (κ1) is 22.8. The predicted molar refractivity (Wildman–Crippen MR) is 118 cm³/mol. The second kappa shape index (κ2) is 9.07. The number of fused-ring (bicyclic) bond motifs is 1. The van der Waals surface area contributed by atoms with Gasteiger partial charge in [-0.3, -0.25) is 9.36 Å². The van der Waals surface area contributed by atoms with E-state index in [0.717, 1.165) is 5.56 Å². The van der Waals surface area contributed by atoms with Crippen molar-refractivity contribution in [2.24, 2.45) is 13.0 Å². The van der Waals surface area contributed by atoms with Gasteiger partial charge >= 0.3 is 5.76 Å². The molecule has 0 saturated carbocycles. The Hall–Kier alpha value is -2.91. The van der Waals surface area contributed by atoms with Gasteiger partial charge in [-0.05, 0) is 30.0 Å². The lowest BCUT2D eigenvalue weighted by molar-refractivity contribution is -0.132. The van der Waals surface area contributed by atoms with E-state index in [-0.39, 0.29) is 22.3 Å². The zero-order valence-corrected chi connectivity index (χ0v) is 18.8. The van der Waals surface area contributed by atoms with Crippen LogP contribution >= 0.6 is 0 Å². The molecule has 2 aromatic carbocycles. The lowest BCUT2D eigenvalue weighted by Gasteiger charge is -2.26. The second-order valence-corrected chi connectivity index (χ2v) is 9.75. The van der Waals surface area contributed by atoms with Crippen LogP contribution in [0.3, 0.4) is 0 Å². The maximum absolute atomic E-state index is 13.1. The van der Waals surface area contributed by atoms with Crippen LogP contribution in [0.5, 0.6) is 0 Å². The van der Waals surface area contributed by atoms with Crippen LogP contribution in [0.4, 0.5) is 0 Å². The van der Waals surface area contributed by atoms with E-state index in [1.165, 1.54) is 27.7 Å². The average Bonchev–Trinajstić information content (AvgIpc) is 3.00. The molecular formula is C22H27N3O5S. The smallest absolute Gasteiger partial charge is 0.408 e. The van der Waals surface area contributed by atoms with Gasteiger partial charge in [0.15, 0.2) is 5.58 Å². The second-order valence-electron chi connectivity index (χ2n) is 8.04. The van der Waals surface area contributed by atoms with Crippen molar-refractivity contribution in [1.82, 2.24) is 14.2 Å². The Kier molecular flexibility index (Phi) is 6.66. The number of aryl methyl sites for hydroxylation is 1. The molecule has 1 atom stereocenters. The SMILES string of the molecule is CC(C)C[C@H](NS(=O)(=O)c1ccc2c(c1)oc(=O)n2C)C(=O)N(C)Cc1ccccc1. The first-order valence-corrected chi connectivity index (χ1v) is 11.5. The summed E-state index contributed by atoms with van der Waals surface area (Å²) in [6.07, 6.45) is 0.347. The molecule has 1 aromatic heterocycles. The summed E-state index contributed by atoms with van der Waals surface area (Å²) in [6.45, 7) is 4.23. The van der Waals surface area contributed by atoms with Crippen molar-refractivity contribution in [3.63, 3.8) is 0 Å². The van der Waals surface area contributed by atoms with E-state index in [9.17, 15) is 18.0 Å². The Morgan fingerprint density at radius 2 is 1.84 bits per heavy atom. The molecule has 3 aromatic rings. The van der Waals surface area contributed by atoms with Crippen molar-refractivity contribution in [2.45, 2.75) is 37.8 Å². The molecule has 0 aliphatic carbocycles. The molecule has 0 aliphatic rings. The molecule has 0 spiro atoms. The van der Waals surface area contributed by atoms with Gasteiger partial charge in [0.25, 0.3) is 0 Å². The largest absolute Gasteiger partial charge is 0.419 e. The number of likely N-dealkylation sites (N-methyl/N-ethyl adjacent to an activating group) is 1. The van der Waals surface area contributed by atoms with Crippen LogP contribution in [0.2, 0.25) is 0 Å². The highest BCUT2D eigenvalue weighted by molar-refractivity contribution is 7.89. The quantitative estimate of drug-likeness (QED) is 0.574. The normalized spacial score (nSPS) is 12.9. The van der Waals surface area contributed by atoms with E-state index in [1.807, 2.05) is 44.2 Å². The van der Waals surface area contributed by atoms with Gasteiger partial charge in [0.1, 0.15) is 6.04 Å². The van der Waals surface area contributed by atoms with Gasteiger partial charge in [0, 0.05) is 26.7 Å². The summed E-state index contributed by atoms with van der Waals surface area (Å²) < 4.78 is 35.0. The minimum atomic E-state index is -4.02. The van der Waals surface area contributed by atoms with Crippen LogP contribution in [-0.4, -0.2) is 36.9 Å². The van der Waals surface area contributed by atoms with Gasteiger partial charge in [-0.1, -0.05) is 44.2 Å². The van der Waals surface area contributed by atoms with E-state index in [0.29, 0.717) is 18.5 Å². The summed E-state index contributed by atoms with van der Waals surface area (Å²) >= 11 is 0.